The summed E-state index contributed by atoms with van der Waals surface area (Å²) in [5.41, 5.74) is 11.4. The molecular formula is C45H29N3. The molecule has 0 aliphatic carbocycles. The summed E-state index contributed by atoms with van der Waals surface area (Å²) in [6.45, 7) is 0. The summed E-state index contributed by atoms with van der Waals surface area (Å²) < 4.78 is 4.83. The first-order valence-corrected chi connectivity index (χ1v) is 16.4. The number of benzene rings is 7. The molecule has 0 unspecified atom stereocenters. The predicted octanol–water partition coefficient (Wildman–Crippen LogP) is 11.7. The van der Waals surface area contributed by atoms with Gasteiger partial charge < -0.3 is 4.57 Å². The zero-order valence-electron chi connectivity index (χ0n) is 26.1. The van der Waals surface area contributed by atoms with Crippen LogP contribution in [-0.4, -0.2) is 14.0 Å². The van der Waals surface area contributed by atoms with Crippen molar-refractivity contribution >= 4 is 49.0 Å². The molecule has 0 bridgehead atoms. The average molecular weight is 612 g/mol. The van der Waals surface area contributed by atoms with E-state index in [1.54, 1.807) is 0 Å². The fraction of sp³-hybridized carbons (Fsp3) is 0. The van der Waals surface area contributed by atoms with Gasteiger partial charge in [0.15, 0.2) is 0 Å². The van der Waals surface area contributed by atoms with Crippen LogP contribution >= 0.6 is 0 Å². The van der Waals surface area contributed by atoms with Crippen LogP contribution < -0.4 is 0 Å². The van der Waals surface area contributed by atoms with Crippen molar-refractivity contribution in [2.75, 3.05) is 0 Å². The molecule has 0 atom stereocenters. The molecule has 0 N–H and O–H groups in total. The van der Waals surface area contributed by atoms with Crippen molar-refractivity contribution in [1.29, 1.82) is 0 Å². The van der Waals surface area contributed by atoms with Crippen molar-refractivity contribution in [3.8, 4) is 39.5 Å². The number of nitrogens with zero attached hydrogens (tertiary/aromatic N) is 3. The Kier molecular flexibility index (Phi) is 5.87. The summed E-state index contributed by atoms with van der Waals surface area (Å²) in [7, 11) is 0. The van der Waals surface area contributed by atoms with Gasteiger partial charge in [-0.25, -0.2) is 4.98 Å². The highest BCUT2D eigenvalue weighted by molar-refractivity contribution is 6.28. The molecule has 0 amide bonds. The molecule has 0 spiro atoms. The maximum atomic E-state index is 5.49. The van der Waals surface area contributed by atoms with E-state index >= 15 is 0 Å². The van der Waals surface area contributed by atoms with Crippen molar-refractivity contribution in [2.24, 2.45) is 0 Å². The molecule has 3 aromatic heterocycles. The van der Waals surface area contributed by atoms with E-state index in [2.05, 4.69) is 185 Å². The van der Waals surface area contributed by atoms with Crippen LogP contribution in [0, 0.1) is 0 Å². The number of fused-ring (bicyclic) bond motifs is 10. The van der Waals surface area contributed by atoms with E-state index in [-0.39, 0.29) is 0 Å². The first-order chi connectivity index (χ1) is 23.8. The van der Waals surface area contributed by atoms with E-state index < -0.39 is 0 Å². The predicted molar refractivity (Wildman–Crippen MR) is 201 cm³/mol. The van der Waals surface area contributed by atoms with Crippen molar-refractivity contribution < 1.29 is 0 Å². The molecule has 3 heteroatoms. The first kappa shape index (κ1) is 26.7. The molecule has 0 saturated heterocycles. The quantitative estimate of drug-likeness (QED) is 0.182. The molecule has 0 aliphatic rings. The standard InChI is InChI=1S/C45H29N3/c1-4-14-30(15-5-1)31-24-26-33(27-25-31)45-46-42(32-16-6-2-7-17-32)44-38-29-28-36-35-20-10-12-22-39(35)47(34-18-8-3-9-19-34)43(36)41(38)37-21-11-13-23-40(37)48(44)45/h1-29H. The monoisotopic (exact) mass is 611 g/mol. The molecule has 3 nitrogen and oxygen atoms in total. The SMILES string of the molecule is c1ccc(-c2ccc(-c3nc(-c4ccccc4)c4c5ccc6c7ccccc7n(-c7ccccc7)c6c5c5ccccc5n34)cc2)cc1. The van der Waals surface area contributed by atoms with Crippen LogP contribution in [0.1, 0.15) is 0 Å². The lowest BCUT2D eigenvalue weighted by atomic mass is 9.99. The fourth-order valence-corrected chi connectivity index (χ4v) is 7.59. The van der Waals surface area contributed by atoms with E-state index in [1.807, 2.05) is 0 Å². The van der Waals surface area contributed by atoms with Gasteiger partial charge in [0.05, 0.1) is 27.8 Å². The van der Waals surface area contributed by atoms with Crippen molar-refractivity contribution in [2.45, 2.75) is 0 Å². The van der Waals surface area contributed by atoms with Gasteiger partial charge in [0.2, 0.25) is 0 Å². The summed E-state index contributed by atoms with van der Waals surface area (Å²) >= 11 is 0. The minimum atomic E-state index is 0.935. The highest BCUT2D eigenvalue weighted by atomic mass is 15.0. The largest absolute Gasteiger partial charge is 0.309 e. The third-order valence-corrected chi connectivity index (χ3v) is 9.70. The van der Waals surface area contributed by atoms with E-state index in [4.69, 9.17) is 4.98 Å². The Morgan fingerprint density at radius 3 is 1.62 bits per heavy atom. The minimum absolute atomic E-state index is 0.935. The molecular weight excluding hydrogens is 583 g/mol. The maximum Gasteiger partial charge on any atom is 0.145 e. The lowest BCUT2D eigenvalue weighted by Crippen LogP contribution is -1.97. The van der Waals surface area contributed by atoms with Crippen LogP contribution in [0.25, 0.3) is 88.5 Å². The molecule has 10 rings (SSSR count). The smallest absolute Gasteiger partial charge is 0.145 e. The number of aromatic nitrogens is 3. The number of rotatable bonds is 4. The van der Waals surface area contributed by atoms with Gasteiger partial charge in [0, 0.05) is 43.7 Å². The van der Waals surface area contributed by atoms with E-state index in [1.165, 1.54) is 49.1 Å². The number of hydrogen-bond donors (Lipinski definition) is 0. The maximum absolute atomic E-state index is 5.49. The highest BCUT2D eigenvalue weighted by Crippen LogP contribution is 2.44. The highest BCUT2D eigenvalue weighted by Gasteiger charge is 2.23. The molecule has 10 aromatic rings. The topological polar surface area (TPSA) is 22.2 Å². The molecule has 0 radical (unpaired) electrons. The molecule has 3 heterocycles. The van der Waals surface area contributed by atoms with Gasteiger partial charge in [-0.2, -0.15) is 0 Å². The van der Waals surface area contributed by atoms with E-state index in [9.17, 15) is 0 Å². The second-order valence-corrected chi connectivity index (χ2v) is 12.4. The zero-order valence-corrected chi connectivity index (χ0v) is 26.1. The molecule has 0 saturated carbocycles. The summed E-state index contributed by atoms with van der Waals surface area (Å²) in [4.78, 5) is 5.49. The third-order valence-electron chi connectivity index (χ3n) is 9.70. The Morgan fingerprint density at radius 1 is 0.354 bits per heavy atom. The van der Waals surface area contributed by atoms with Crippen LogP contribution in [0.2, 0.25) is 0 Å². The lowest BCUT2D eigenvalue weighted by molar-refractivity contribution is 1.19. The third kappa shape index (κ3) is 3.91. The summed E-state index contributed by atoms with van der Waals surface area (Å²) in [5.74, 6) is 0.935. The first-order valence-electron chi connectivity index (χ1n) is 16.4. The molecule has 0 fully saturated rings. The van der Waals surface area contributed by atoms with Gasteiger partial charge in [-0.3, -0.25) is 4.40 Å². The Balaban J connectivity index is 1.38. The second kappa shape index (κ2) is 10.5. The Bertz CT molecular complexity index is 2790. The van der Waals surface area contributed by atoms with Crippen LogP contribution in [0.4, 0.5) is 0 Å². The van der Waals surface area contributed by atoms with Gasteiger partial charge in [-0.1, -0.05) is 152 Å². The molecule has 7 aromatic carbocycles. The molecule has 48 heavy (non-hydrogen) atoms. The number of pyridine rings is 1. The van der Waals surface area contributed by atoms with Crippen LogP contribution in [0.3, 0.4) is 0 Å². The van der Waals surface area contributed by atoms with Gasteiger partial charge in [-0.15, -0.1) is 0 Å². The zero-order chi connectivity index (χ0) is 31.6. The summed E-state index contributed by atoms with van der Waals surface area (Å²) in [5, 5.41) is 6.11. The van der Waals surface area contributed by atoms with Gasteiger partial charge in [0.25, 0.3) is 0 Å². The van der Waals surface area contributed by atoms with E-state index in [0.717, 1.165) is 39.4 Å². The Labute approximate surface area is 277 Å². The second-order valence-electron chi connectivity index (χ2n) is 12.4. The van der Waals surface area contributed by atoms with E-state index in [0.29, 0.717) is 0 Å². The Hall–Kier alpha value is -6.45. The summed E-state index contributed by atoms with van der Waals surface area (Å²) in [6, 6.07) is 62.9. The molecule has 224 valence electrons. The normalized spacial score (nSPS) is 11.8. The molecule has 0 aliphatic heterocycles. The van der Waals surface area contributed by atoms with Crippen LogP contribution in [0.5, 0.6) is 0 Å². The van der Waals surface area contributed by atoms with Gasteiger partial charge in [-0.05, 0) is 35.4 Å². The number of imidazole rings is 1. The minimum Gasteiger partial charge on any atom is -0.309 e. The number of hydrogen-bond acceptors (Lipinski definition) is 1. The van der Waals surface area contributed by atoms with Crippen LogP contribution in [-0.2, 0) is 0 Å². The van der Waals surface area contributed by atoms with Crippen molar-refractivity contribution in [1.82, 2.24) is 14.0 Å². The lowest BCUT2D eigenvalue weighted by Gasteiger charge is -2.15. The van der Waals surface area contributed by atoms with Crippen LogP contribution in [0.15, 0.2) is 176 Å². The summed E-state index contributed by atoms with van der Waals surface area (Å²) in [6.07, 6.45) is 0. The van der Waals surface area contributed by atoms with Crippen molar-refractivity contribution in [3.05, 3.63) is 176 Å². The number of para-hydroxylation sites is 3. The average Bonchev–Trinajstić information content (AvgIpc) is 3.73. The van der Waals surface area contributed by atoms with Gasteiger partial charge >= 0.3 is 0 Å². The fourth-order valence-electron chi connectivity index (χ4n) is 7.59. The van der Waals surface area contributed by atoms with Crippen molar-refractivity contribution in [3.63, 3.8) is 0 Å². The Morgan fingerprint density at radius 2 is 0.896 bits per heavy atom. The van der Waals surface area contributed by atoms with Gasteiger partial charge in [0.1, 0.15) is 5.82 Å².